The molecule has 0 saturated heterocycles. The Morgan fingerprint density at radius 3 is 2.32 bits per heavy atom. The second-order valence-electron chi connectivity index (χ2n) is 3.50. The van der Waals surface area contributed by atoms with Crippen LogP contribution in [0.2, 0.25) is 0 Å². The van der Waals surface area contributed by atoms with E-state index in [2.05, 4.69) is 15.8 Å². The summed E-state index contributed by atoms with van der Waals surface area (Å²) in [6, 6.07) is 7.37. The van der Waals surface area contributed by atoms with Gasteiger partial charge in [0.1, 0.15) is 5.76 Å². The van der Waals surface area contributed by atoms with Gasteiger partial charge in [-0.1, -0.05) is 5.16 Å². The molecule has 1 heterocycles. The SMILES string of the molecule is Cc1cc(NS(=O)(=O)c2ccc(N)cc2)no1.NO. The van der Waals surface area contributed by atoms with Gasteiger partial charge in [-0.25, -0.2) is 14.3 Å². The van der Waals surface area contributed by atoms with Crippen molar-refractivity contribution in [1.29, 1.82) is 0 Å². The lowest BCUT2D eigenvalue weighted by molar-refractivity contribution is 0.311. The van der Waals surface area contributed by atoms with Gasteiger partial charge in [0.15, 0.2) is 5.82 Å². The average Bonchev–Trinajstić information content (AvgIpc) is 2.77. The number of sulfonamides is 1. The van der Waals surface area contributed by atoms with Gasteiger partial charge in [0.25, 0.3) is 10.0 Å². The van der Waals surface area contributed by atoms with E-state index in [9.17, 15) is 8.42 Å². The van der Waals surface area contributed by atoms with Crippen LogP contribution < -0.4 is 16.4 Å². The van der Waals surface area contributed by atoms with Crippen LogP contribution in [0.15, 0.2) is 39.8 Å². The third-order valence-electron chi connectivity index (χ3n) is 2.06. The van der Waals surface area contributed by atoms with Crippen molar-refractivity contribution in [2.24, 2.45) is 5.90 Å². The minimum Gasteiger partial charge on any atom is -0.399 e. The lowest BCUT2D eigenvalue weighted by atomic mass is 10.3. The summed E-state index contributed by atoms with van der Waals surface area (Å²) in [5, 5.41) is 10.1. The first kappa shape index (κ1) is 15.0. The van der Waals surface area contributed by atoms with E-state index in [1.807, 2.05) is 0 Å². The topological polar surface area (TPSA) is 144 Å². The molecule has 9 heteroatoms. The van der Waals surface area contributed by atoms with Crippen molar-refractivity contribution in [2.75, 3.05) is 10.5 Å². The maximum absolute atomic E-state index is 11.9. The van der Waals surface area contributed by atoms with E-state index in [1.165, 1.54) is 30.3 Å². The molecule has 2 rings (SSSR count). The van der Waals surface area contributed by atoms with Crippen LogP contribution in [0, 0.1) is 6.92 Å². The number of hydrogen-bond donors (Lipinski definition) is 4. The van der Waals surface area contributed by atoms with E-state index in [-0.39, 0.29) is 10.7 Å². The third-order valence-corrected chi connectivity index (χ3v) is 3.43. The Kier molecular flexibility index (Phi) is 4.87. The van der Waals surface area contributed by atoms with Crippen LogP contribution in [0.5, 0.6) is 0 Å². The molecule has 0 bridgehead atoms. The lowest BCUT2D eigenvalue weighted by Gasteiger charge is -2.04. The molecule has 1 aromatic heterocycles. The summed E-state index contributed by atoms with van der Waals surface area (Å²) in [4.78, 5) is 0.118. The number of hydrogen-bond acceptors (Lipinski definition) is 7. The zero-order chi connectivity index (χ0) is 14.5. The number of nitrogens with one attached hydrogen (secondary N) is 1. The van der Waals surface area contributed by atoms with Crippen LogP contribution in [0.1, 0.15) is 5.76 Å². The Bertz CT molecular complexity index is 621. The molecule has 0 fully saturated rings. The molecular formula is C10H14N4O4S. The number of benzene rings is 1. The van der Waals surface area contributed by atoms with Gasteiger partial charge < -0.3 is 15.5 Å². The van der Waals surface area contributed by atoms with Crippen molar-refractivity contribution >= 4 is 21.5 Å². The van der Waals surface area contributed by atoms with Crippen molar-refractivity contribution in [1.82, 2.24) is 5.16 Å². The molecule has 6 N–H and O–H groups in total. The maximum Gasteiger partial charge on any atom is 0.263 e. The number of anilines is 2. The fraction of sp³-hybridized carbons (Fsp3) is 0.100. The van der Waals surface area contributed by atoms with Gasteiger partial charge in [-0.05, 0) is 31.2 Å². The van der Waals surface area contributed by atoms with Gasteiger partial charge in [0.2, 0.25) is 0 Å². The van der Waals surface area contributed by atoms with Crippen LogP contribution in [0.4, 0.5) is 11.5 Å². The first-order chi connectivity index (χ1) is 8.97. The molecule has 1 aromatic carbocycles. The summed E-state index contributed by atoms with van der Waals surface area (Å²) < 4.78 is 30.8. The summed E-state index contributed by atoms with van der Waals surface area (Å²) >= 11 is 0. The summed E-state index contributed by atoms with van der Waals surface area (Å²) in [5.74, 6) is 4.18. The fourth-order valence-electron chi connectivity index (χ4n) is 1.26. The Hall–Kier alpha value is -2.10. The molecule has 0 aliphatic heterocycles. The van der Waals surface area contributed by atoms with Crippen molar-refractivity contribution in [2.45, 2.75) is 11.8 Å². The first-order valence-electron chi connectivity index (χ1n) is 5.05. The molecule has 0 radical (unpaired) electrons. The minimum absolute atomic E-state index is 0.118. The van der Waals surface area contributed by atoms with Crippen LogP contribution in [-0.2, 0) is 10.0 Å². The number of nitrogen functional groups attached to an aromatic ring is 1. The van der Waals surface area contributed by atoms with Crippen LogP contribution in [-0.4, -0.2) is 18.8 Å². The molecule has 0 saturated carbocycles. The molecular weight excluding hydrogens is 272 g/mol. The minimum atomic E-state index is -3.64. The van der Waals surface area contributed by atoms with Crippen molar-refractivity contribution in [3.05, 3.63) is 36.1 Å². The highest BCUT2D eigenvalue weighted by Crippen LogP contribution is 2.16. The second kappa shape index (κ2) is 6.18. The Labute approximate surface area is 110 Å². The van der Waals surface area contributed by atoms with Gasteiger partial charge in [0.05, 0.1) is 4.90 Å². The summed E-state index contributed by atoms with van der Waals surface area (Å²) in [7, 11) is -3.64. The molecule has 0 unspecified atom stereocenters. The van der Waals surface area contributed by atoms with E-state index < -0.39 is 10.0 Å². The largest absolute Gasteiger partial charge is 0.399 e. The number of nitrogens with two attached hydrogens (primary N) is 2. The molecule has 0 atom stereocenters. The fourth-order valence-corrected chi connectivity index (χ4v) is 2.24. The smallest absolute Gasteiger partial charge is 0.263 e. The molecule has 0 aliphatic carbocycles. The van der Waals surface area contributed by atoms with Crippen molar-refractivity contribution < 1.29 is 18.1 Å². The van der Waals surface area contributed by atoms with Gasteiger partial charge in [-0.15, -0.1) is 0 Å². The highest BCUT2D eigenvalue weighted by atomic mass is 32.2. The highest BCUT2D eigenvalue weighted by molar-refractivity contribution is 7.92. The van der Waals surface area contributed by atoms with Crippen molar-refractivity contribution in [3.8, 4) is 0 Å². The predicted octanol–water partition coefficient (Wildman–Crippen LogP) is 0.700. The summed E-state index contributed by atoms with van der Waals surface area (Å²) in [6.45, 7) is 1.67. The van der Waals surface area contributed by atoms with E-state index in [0.29, 0.717) is 11.4 Å². The highest BCUT2D eigenvalue weighted by Gasteiger charge is 2.15. The maximum atomic E-state index is 11.9. The summed E-state index contributed by atoms with van der Waals surface area (Å²) in [5.41, 5.74) is 5.98. The molecule has 0 amide bonds. The summed E-state index contributed by atoms with van der Waals surface area (Å²) in [6.07, 6.45) is 0. The van der Waals surface area contributed by atoms with Crippen LogP contribution in [0.3, 0.4) is 0 Å². The molecule has 8 nitrogen and oxygen atoms in total. The Morgan fingerprint density at radius 2 is 1.84 bits per heavy atom. The molecule has 0 spiro atoms. The number of nitrogens with zero attached hydrogens (tertiary/aromatic N) is 1. The monoisotopic (exact) mass is 286 g/mol. The van der Waals surface area contributed by atoms with Gasteiger partial charge in [-0.2, -0.15) is 0 Å². The Balaban J connectivity index is 0.000000861. The molecule has 19 heavy (non-hydrogen) atoms. The van der Waals surface area contributed by atoms with E-state index in [4.69, 9.17) is 15.5 Å². The average molecular weight is 286 g/mol. The molecule has 0 aliphatic rings. The zero-order valence-corrected chi connectivity index (χ0v) is 10.9. The quantitative estimate of drug-likeness (QED) is 0.480. The van der Waals surface area contributed by atoms with Gasteiger partial charge >= 0.3 is 0 Å². The van der Waals surface area contributed by atoms with E-state index in [1.54, 1.807) is 6.92 Å². The third kappa shape index (κ3) is 3.95. The van der Waals surface area contributed by atoms with Crippen LogP contribution in [0.25, 0.3) is 0 Å². The zero-order valence-electron chi connectivity index (χ0n) is 10.1. The van der Waals surface area contributed by atoms with E-state index >= 15 is 0 Å². The number of rotatable bonds is 3. The van der Waals surface area contributed by atoms with Gasteiger partial charge in [-0.3, -0.25) is 4.72 Å². The molecule has 104 valence electrons. The normalized spacial score (nSPS) is 10.5. The van der Waals surface area contributed by atoms with Crippen LogP contribution >= 0.6 is 0 Å². The number of aromatic nitrogens is 1. The predicted molar refractivity (Wildman–Crippen MR) is 68.9 cm³/mol. The second-order valence-corrected chi connectivity index (χ2v) is 5.18. The van der Waals surface area contributed by atoms with E-state index in [0.717, 1.165) is 0 Å². The first-order valence-corrected chi connectivity index (χ1v) is 6.53. The molecule has 2 aromatic rings. The standard InChI is InChI=1S/C10H11N3O3S.H3NO/c1-7-6-10(12-16-7)13-17(14,15)9-4-2-8(11)3-5-9;1-2/h2-6H,11H2,1H3,(H,12,13);2H,1H2. The van der Waals surface area contributed by atoms with Gasteiger partial charge in [0, 0.05) is 11.8 Å². The number of aryl methyl sites for hydroxylation is 1. The Morgan fingerprint density at radius 1 is 1.26 bits per heavy atom. The van der Waals surface area contributed by atoms with Crippen molar-refractivity contribution in [3.63, 3.8) is 0 Å². The lowest BCUT2D eigenvalue weighted by Crippen LogP contribution is -2.13.